The van der Waals surface area contributed by atoms with E-state index >= 15 is 0 Å². The second-order valence-corrected chi connectivity index (χ2v) is 4.93. The van der Waals surface area contributed by atoms with Crippen molar-refractivity contribution in [2.24, 2.45) is 5.73 Å². The number of hydrogen-bond acceptors (Lipinski definition) is 3. The summed E-state index contributed by atoms with van der Waals surface area (Å²) in [5, 5.41) is 11.2. The first-order valence-corrected chi connectivity index (χ1v) is 6.10. The van der Waals surface area contributed by atoms with Crippen LogP contribution in [-0.2, 0) is 4.79 Å². The molecule has 0 spiro atoms. The number of rotatable bonds is 3. The SMILES string of the molecule is Cc1cc(C(=O)NC(C)(C)C(N)=O)ccc1C#CCO. The zero-order chi connectivity index (χ0) is 15.3. The first-order chi connectivity index (χ1) is 9.27. The van der Waals surface area contributed by atoms with E-state index in [1.54, 1.807) is 32.0 Å². The van der Waals surface area contributed by atoms with Crippen LogP contribution in [0.1, 0.15) is 35.3 Å². The van der Waals surface area contributed by atoms with E-state index in [9.17, 15) is 9.59 Å². The Balaban J connectivity index is 2.96. The van der Waals surface area contributed by atoms with Crippen LogP contribution in [0.5, 0.6) is 0 Å². The number of carbonyl (C=O) groups excluding carboxylic acids is 2. The Labute approximate surface area is 118 Å². The van der Waals surface area contributed by atoms with Crippen molar-refractivity contribution >= 4 is 11.8 Å². The third kappa shape index (κ3) is 3.84. The van der Waals surface area contributed by atoms with Crippen molar-refractivity contribution in [3.63, 3.8) is 0 Å². The molecule has 1 rings (SSSR count). The van der Waals surface area contributed by atoms with Crippen molar-refractivity contribution in [3.8, 4) is 11.8 Å². The van der Waals surface area contributed by atoms with Crippen LogP contribution in [0.15, 0.2) is 18.2 Å². The predicted octanol–water partition coefficient (Wildman–Crippen LogP) is 0.333. The molecule has 5 heteroatoms. The van der Waals surface area contributed by atoms with E-state index < -0.39 is 11.4 Å². The number of aliphatic hydroxyl groups is 1. The van der Waals surface area contributed by atoms with Crippen molar-refractivity contribution in [3.05, 3.63) is 34.9 Å². The van der Waals surface area contributed by atoms with Crippen LogP contribution in [0.25, 0.3) is 0 Å². The van der Waals surface area contributed by atoms with Gasteiger partial charge in [-0.2, -0.15) is 0 Å². The van der Waals surface area contributed by atoms with Crippen molar-refractivity contribution in [1.82, 2.24) is 5.32 Å². The highest BCUT2D eigenvalue weighted by molar-refractivity contribution is 5.98. The highest BCUT2D eigenvalue weighted by atomic mass is 16.2. The Morgan fingerprint density at radius 1 is 1.40 bits per heavy atom. The number of amides is 2. The maximum absolute atomic E-state index is 12.0. The molecule has 1 aromatic carbocycles. The lowest BCUT2D eigenvalue weighted by Crippen LogP contribution is -2.53. The molecule has 20 heavy (non-hydrogen) atoms. The third-order valence-corrected chi connectivity index (χ3v) is 2.83. The molecule has 0 saturated heterocycles. The summed E-state index contributed by atoms with van der Waals surface area (Å²) in [6.45, 7) is 4.69. The maximum atomic E-state index is 12.0. The second kappa shape index (κ2) is 6.22. The Hall–Kier alpha value is -2.32. The molecule has 5 nitrogen and oxygen atoms in total. The summed E-state index contributed by atoms with van der Waals surface area (Å²) in [5.41, 5.74) is 6.08. The van der Waals surface area contributed by atoms with Gasteiger partial charge in [-0.3, -0.25) is 9.59 Å². The highest BCUT2D eigenvalue weighted by Gasteiger charge is 2.27. The molecule has 0 fully saturated rings. The van der Waals surface area contributed by atoms with Gasteiger partial charge in [-0.1, -0.05) is 11.8 Å². The number of primary amides is 1. The fourth-order valence-electron chi connectivity index (χ4n) is 1.50. The van der Waals surface area contributed by atoms with Gasteiger partial charge in [-0.15, -0.1) is 0 Å². The predicted molar refractivity (Wildman–Crippen MR) is 75.9 cm³/mol. The average molecular weight is 274 g/mol. The molecule has 0 unspecified atom stereocenters. The molecule has 0 aromatic heterocycles. The summed E-state index contributed by atoms with van der Waals surface area (Å²) < 4.78 is 0. The molecule has 1 aromatic rings. The highest BCUT2D eigenvalue weighted by Crippen LogP contribution is 2.11. The zero-order valence-electron chi connectivity index (χ0n) is 11.8. The van der Waals surface area contributed by atoms with Gasteiger partial charge >= 0.3 is 0 Å². The fraction of sp³-hybridized carbons (Fsp3) is 0.333. The van der Waals surface area contributed by atoms with Crippen LogP contribution in [0.2, 0.25) is 0 Å². The average Bonchev–Trinajstić information content (AvgIpc) is 2.36. The van der Waals surface area contributed by atoms with Gasteiger partial charge in [0.1, 0.15) is 12.1 Å². The van der Waals surface area contributed by atoms with Gasteiger partial charge in [0, 0.05) is 11.1 Å². The summed E-state index contributed by atoms with van der Waals surface area (Å²) in [5.74, 6) is 4.36. The summed E-state index contributed by atoms with van der Waals surface area (Å²) in [7, 11) is 0. The van der Waals surface area contributed by atoms with E-state index in [2.05, 4.69) is 17.2 Å². The summed E-state index contributed by atoms with van der Waals surface area (Å²) in [4.78, 5) is 23.2. The summed E-state index contributed by atoms with van der Waals surface area (Å²) in [6, 6.07) is 4.98. The lowest BCUT2D eigenvalue weighted by Gasteiger charge is -2.22. The Kier molecular flexibility index (Phi) is 4.89. The standard InChI is InChI=1S/C15H18N2O3/c1-10-9-12(7-6-11(10)5-4-8-18)13(19)17-15(2,3)14(16)20/h6-7,9,18H,8H2,1-3H3,(H2,16,20)(H,17,19). The third-order valence-electron chi connectivity index (χ3n) is 2.83. The van der Waals surface area contributed by atoms with Crippen LogP contribution in [0, 0.1) is 18.8 Å². The van der Waals surface area contributed by atoms with Gasteiger partial charge in [0.05, 0.1) is 0 Å². The van der Waals surface area contributed by atoms with Crippen molar-refractivity contribution in [2.45, 2.75) is 26.3 Å². The lowest BCUT2D eigenvalue weighted by atomic mass is 10.0. The first kappa shape index (κ1) is 15.7. The normalized spacial score (nSPS) is 10.4. The van der Waals surface area contributed by atoms with Crippen LogP contribution < -0.4 is 11.1 Å². The molecule has 2 amide bonds. The zero-order valence-corrected chi connectivity index (χ0v) is 11.8. The van der Waals surface area contributed by atoms with Crippen molar-refractivity contribution in [2.75, 3.05) is 6.61 Å². The van der Waals surface area contributed by atoms with E-state index in [0.717, 1.165) is 11.1 Å². The number of aliphatic hydroxyl groups excluding tert-OH is 1. The molecule has 0 aliphatic heterocycles. The van der Waals surface area contributed by atoms with Crippen LogP contribution >= 0.6 is 0 Å². The second-order valence-electron chi connectivity index (χ2n) is 4.93. The Bertz CT molecular complexity index is 595. The molecule has 0 aliphatic carbocycles. The maximum Gasteiger partial charge on any atom is 0.252 e. The van der Waals surface area contributed by atoms with Crippen LogP contribution in [-0.4, -0.2) is 29.1 Å². The molecule has 0 bridgehead atoms. The fourth-order valence-corrected chi connectivity index (χ4v) is 1.50. The molecule has 0 atom stereocenters. The minimum absolute atomic E-state index is 0.214. The lowest BCUT2D eigenvalue weighted by molar-refractivity contribution is -0.122. The monoisotopic (exact) mass is 274 g/mol. The number of nitrogens with one attached hydrogen (secondary N) is 1. The van der Waals surface area contributed by atoms with E-state index in [4.69, 9.17) is 10.8 Å². The number of carbonyl (C=O) groups is 2. The van der Waals surface area contributed by atoms with E-state index in [1.807, 2.05) is 6.92 Å². The van der Waals surface area contributed by atoms with Gasteiger partial charge in [-0.05, 0) is 44.5 Å². The number of nitrogens with two attached hydrogens (primary N) is 1. The Morgan fingerprint density at radius 3 is 2.55 bits per heavy atom. The molecular weight excluding hydrogens is 256 g/mol. The van der Waals surface area contributed by atoms with Gasteiger partial charge in [0.25, 0.3) is 5.91 Å². The summed E-state index contributed by atoms with van der Waals surface area (Å²) in [6.07, 6.45) is 0. The largest absolute Gasteiger partial charge is 0.384 e. The minimum Gasteiger partial charge on any atom is -0.384 e. The van der Waals surface area contributed by atoms with Crippen LogP contribution in [0.4, 0.5) is 0 Å². The van der Waals surface area contributed by atoms with Crippen molar-refractivity contribution in [1.29, 1.82) is 0 Å². The molecule has 4 N–H and O–H groups in total. The van der Waals surface area contributed by atoms with Crippen molar-refractivity contribution < 1.29 is 14.7 Å². The molecule has 0 heterocycles. The number of benzene rings is 1. The summed E-state index contributed by atoms with van der Waals surface area (Å²) >= 11 is 0. The van der Waals surface area contributed by atoms with Gasteiger partial charge in [0.2, 0.25) is 5.91 Å². The molecule has 0 aliphatic rings. The van der Waals surface area contributed by atoms with E-state index in [0.29, 0.717) is 5.56 Å². The minimum atomic E-state index is -1.11. The van der Waals surface area contributed by atoms with Crippen LogP contribution in [0.3, 0.4) is 0 Å². The number of hydrogen-bond donors (Lipinski definition) is 3. The molecule has 0 saturated carbocycles. The van der Waals surface area contributed by atoms with E-state index in [-0.39, 0.29) is 12.5 Å². The van der Waals surface area contributed by atoms with Gasteiger partial charge in [-0.25, -0.2) is 0 Å². The van der Waals surface area contributed by atoms with Gasteiger partial charge < -0.3 is 16.2 Å². The smallest absolute Gasteiger partial charge is 0.252 e. The van der Waals surface area contributed by atoms with E-state index in [1.165, 1.54) is 0 Å². The number of aryl methyl sites for hydroxylation is 1. The quantitative estimate of drug-likeness (QED) is 0.694. The molecular formula is C15H18N2O3. The van der Waals surface area contributed by atoms with Gasteiger partial charge in [0.15, 0.2) is 0 Å². The first-order valence-electron chi connectivity index (χ1n) is 6.10. The Morgan fingerprint density at radius 2 is 2.05 bits per heavy atom. The molecule has 106 valence electrons. The molecule has 0 radical (unpaired) electrons. The topological polar surface area (TPSA) is 92.4 Å².